The summed E-state index contributed by atoms with van der Waals surface area (Å²) < 4.78 is 0. The zero-order chi connectivity index (χ0) is 13.2. The van der Waals surface area contributed by atoms with Crippen LogP contribution in [0.25, 0.3) is 0 Å². The minimum atomic E-state index is -0.278. The summed E-state index contributed by atoms with van der Waals surface area (Å²) in [4.78, 5) is 14.2. The molecule has 1 saturated heterocycles. The first-order valence-electron chi connectivity index (χ1n) is 6.93. The van der Waals surface area contributed by atoms with Crippen LogP contribution in [0.4, 0.5) is 5.00 Å². The fourth-order valence-corrected chi connectivity index (χ4v) is 3.70. The van der Waals surface area contributed by atoms with Gasteiger partial charge in [0, 0.05) is 43.2 Å². The van der Waals surface area contributed by atoms with E-state index in [0.29, 0.717) is 6.04 Å². The molecule has 2 fully saturated rings. The number of thiophene rings is 1. The molecule has 0 unspecified atom stereocenters. The van der Waals surface area contributed by atoms with Gasteiger partial charge in [-0.25, -0.2) is 0 Å². The highest BCUT2D eigenvalue weighted by atomic mass is 32.1. The van der Waals surface area contributed by atoms with E-state index < -0.39 is 0 Å². The highest BCUT2D eigenvalue weighted by molar-refractivity contribution is 7.15. The van der Waals surface area contributed by atoms with Gasteiger partial charge in [-0.1, -0.05) is 24.2 Å². The SMILES string of the molecule is O=[N+]([O-])c1ccc([C@H](CC2CC2)N2CCNCC2)s1. The van der Waals surface area contributed by atoms with Gasteiger partial charge < -0.3 is 5.32 Å². The van der Waals surface area contributed by atoms with Crippen molar-refractivity contribution >= 4 is 16.3 Å². The Labute approximate surface area is 116 Å². The lowest BCUT2D eigenvalue weighted by Crippen LogP contribution is -2.45. The number of nitrogens with one attached hydrogen (secondary N) is 1. The van der Waals surface area contributed by atoms with E-state index in [2.05, 4.69) is 10.2 Å². The molecule has 0 radical (unpaired) electrons. The van der Waals surface area contributed by atoms with Crippen molar-refractivity contribution in [3.05, 3.63) is 27.1 Å². The third kappa shape index (κ3) is 3.13. The molecule has 19 heavy (non-hydrogen) atoms. The molecule has 1 aliphatic carbocycles. The zero-order valence-electron chi connectivity index (χ0n) is 10.9. The Morgan fingerprint density at radius 2 is 2.16 bits per heavy atom. The van der Waals surface area contributed by atoms with Crippen LogP contribution in [0.3, 0.4) is 0 Å². The van der Waals surface area contributed by atoms with Gasteiger partial charge in [0.25, 0.3) is 0 Å². The van der Waals surface area contributed by atoms with Crippen LogP contribution in [-0.2, 0) is 0 Å². The van der Waals surface area contributed by atoms with Crippen molar-refractivity contribution in [1.82, 2.24) is 10.2 Å². The van der Waals surface area contributed by atoms with Crippen LogP contribution in [0.2, 0.25) is 0 Å². The molecule has 1 aromatic rings. The highest BCUT2D eigenvalue weighted by Gasteiger charge is 2.31. The van der Waals surface area contributed by atoms with Crippen LogP contribution < -0.4 is 5.32 Å². The van der Waals surface area contributed by atoms with E-state index >= 15 is 0 Å². The van der Waals surface area contributed by atoms with Crippen LogP contribution in [0, 0.1) is 16.0 Å². The normalized spacial score (nSPS) is 22.3. The largest absolute Gasteiger partial charge is 0.324 e. The van der Waals surface area contributed by atoms with Crippen LogP contribution >= 0.6 is 11.3 Å². The average molecular weight is 281 g/mol. The Morgan fingerprint density at radius 1 is 1.42 bits per heavy atom. The molecule has 1 saturated carbocycles. The monoisotopic (exact) mass is 281 g/mol. The second-order valence-electron chi connectivity index (χ2n) is 5.41. The van der Waals surface area contributed by atoms with E-state index in [1.165, 1.54) is 29.1 Å². The fraction of sp³-hybridized carbons (Fsp3) is 0.692. The van der Waals surface area contributed by atoms with Gasteiger partial charge >= 0.3 is 5.00 Å². The number of nitrogens with zero attached hydrogens (tertiary/aromatic N) is 2. The molecule has 2 heterocycles. The maximum Gasteiger partial charge on any atom is 0.324 e. The van der Waals surface area contributed by atoms with Crippen molar-refractivity contribution in [1.29, 1.82) is 0 Å². The summed E-state index contributed by atoms with van der Waals surface area (Å²) in [5.41, 5.74) is 0. The quantitative estimate of drug-likeness (QED) is 0.665. The number of piperazine rings is 1. The van der Waals surface area contributed by atoms with Crippen molar-refractivity contribution < 1.29 is 4.92 Å². The predicted molar refractivity (Wildman–Crippen MR) is 75.5 cm³/mol. The first-order chi connectivity index (χ1) is 9.24. The van der Waals surface area contributed by atoms with Crippen molar-refractivity contribution in [2.75, 3.05) is 26.2 Å². The molecule has 3 rings (SSSR count). The molecular weight excluding hydrogens is 262 g/mol. The predicted octanol–water partition coefficient (Wildman–Crippen LogP) is 2.40. The first kappa shape index (κ1) is 13.0. The molecule has 1 aromatic heterocycles. The van der Waals surface area contributed by atoms with E-state index in [0.717, 1.165) is 38.5 Å². The minimum absolute atomic E-state index is 0.269. The summed E-state index contributed by atoms with van der Waals surface area (Å²) >= 11 is 1.35. The highest BCUT2D eigenvalue weighted by Crippen LogP contribution is 2.42. The van der Waals surface area contributed by atoms with Gasteiger partial charge in [0.1, 0.15) is 0 Å². The van der Waals surface area contributed by atoms with Gasteiger partial charge in [0.05, 0.1) is 4.92 Å². The Kier molecular flexibility index (Phi) is 3.81. The Balaban J connectivity index is 1.77. The lowest BCUT2D eigenvalue weighted by molar-refractivity contribution is -0.380. The maximum absolute atomic E-state index is 10.8. The van der Waals surface area contributed by atoms with Gasteiger partial charge in [-0.2, -0.15) is 0 Å². The van der Waals surface area contributed by atoms with Gasteiger partial charge in [-0.05, 0) is 18.4 Å². The van der Waals surface area contributed by atoms with Crippen molar-refractivity contribution in [2.45, 2.75) is 25.3 Å². The molecule has 1 atom stereocenters. The van der Waals surface area contributed by atoms with Crippen LogP contribution in [0.1, 0.15) is 30.2 Å². The Hall–Kier alpha value is -0.980. The molecular formula is C13H19N3O2S. The molecule has 0 spiro atoms. The second kappa shape index (κ2) is 5.56. The molecule has 0 bridgehead atoms. The van der Waals surface area contributed by atoms with Crippen molar-refractivity contribution in [3.8, 4) is 0 Å². The van der Waals surface area contributed by atoms with Gasteiger partial charge in [-0.15, -0.1) is 0 Å². The first-order valence-corrected chi connectivity index (χ1v) is 7.74. The van der Waals surface area contributed by atoms with Crippen LogP contribution in [-0.4, -0.2) is 36.0 Å². The van der Waals surface area contributed by atoms with Crippen molar-refractivity contribution in [3.63, 3.8) is 0 Å². The smallest absolute Gasteiger partial charge is 0.314 e. The summed E-state index contributed by atoms with van der Waals surface area (Å²) in [5, 5.41) is 14.5. The molecule has 1 aliphatic heterocycles. The maximum atomic E-state index is 10.8. The number of rotatable bonds is 5. The fourth-order valence-electron chi connectivity index (χ4n) is 2.73. The standard InChI is InChI=1S/C13H19N3O2S/c17-16(18)13-4-3-12(19-13)11(9-10-1-2-10)15-7-5-14-6-8-15/h3-4,10-11,14H,1-2,5-9H2/t11-/m0/s1. The number of hydrogen-bond donors (Lipinski definition) is 1. The average Bonchev–Trinajstić information content (AvgIpc) is 3.11. The summed E-state index contributed by atoms with van der Waals surface area (Å²) in [5.74, 6) is 0.834. The summed E-state index contributed by atoms with van der Waals surface area (Å²) in [6.07, 6.45) is 3.82. The molecule has 5 nitrogen and oxygen atoms in total. The van der Waals surface area contributed by atoms with E-state index in [1.54, 1.807) is 6.07 Å². The molecule has 6 heteroatoms. The van der Waals surface area contributed by atoms with Gasteiger partial charge in [-0.3, -0.25) is 15.0 Å². The van der Waals surface area contributed by atoms with Crippen molar-refractivity contribution in [2.24, 2.45) is 5.92 Å². The van der Waals surface area contributed by atoms with E-state index in [9.17, 15) is 10.1 Å². The lowest BCUT2D eigenvalue weighted by Gasteiger charge is -2.34. The Bertz CT molecular complexity index is 452. The molecule has 0 aromatic carbocycles. The molecule has 2 aliphatic rings. The Morgan fingerprint density at radius 3 is 2.74 bits per heavy atom. The van der Waals surface area contributed by atoms with Crippen LogP contribution in [0.15, 0.2) is 12.1 Å². The van der Waals surface area contributed by atoms with Gasteiger partial charge in [0.2, 0.25) is 0 Å². The molecule has 104 valence electrons. The topological polar surface area (TPSA) is 58.4 Å². The molecule has 1 N–H and O–H groups in total. The number of nitro groups is 1. The van der Waals surface area contributed by atoms with Crippen LogP contribution in [0.5, 0.6) is 0 Å². The second-order valence-corrected chi connectivity index (χ2v) is 6.51. The van der Waals surface area contributed by atoms with Gasteiger partial charge in [0.15, 0.2) is 0 Å². The van der Waals surface area contributed by atoms with E-state index in [4.69, 9.17) is 0 Å². The lowest BCUT2D eigenvalue weighted by atomic mass is 10.1. The third-order valence-corrected chi connectivity index (χ3v) is 5.10. The summed E-state index contributed by atoms with van der Waals surface area (Å²) in [6.45, 7) is 4.13. The third-order valence-electron chi connectivity index (χ3n) is 3.97. The molecule has 0 amide bonds. The van der Waals surface area contributed by atoms with E-state index in [-0.39, 0.29) is 9.92 Å². The number of hydrogen-bond acceptors (Lipinski definition) is 5. The minimum Gasteiger partial charge on any atom is -0.314 e. The summed E-state index contributed by atoms with van der Waals surface area (Å²) in [6, 6.07) is 3.99. The van der Waals surface area contributed by atoms with E-state index in [1.807, 2.05) is 6.07 Å². The summed E-state index contributed by atoms with van der Waals surface area (Å²) in [7, 11) is 0. The zero-order valence-corrected chi connectivity index (χ0v) is 11.7.